The topological polar surface area (TPSA) is 87.9 Å². The molecule has 0 aromatic carbocycles. The fraction of sp³-hybridized carbons (Fsp3) is 0.462. The van der Waals surface area contributed by atoms with Crippen LogP contribution < -0.4 is 10.6 Å². The Labute approximate surface area is 111 Å². The van der Waals surface area contributed by atoms with Gasteiger partial charge in [0.05, 0.1) is 10.8 Å². The maximum absolute atomic E-state index is 11.4. The molecule has 3 rings (SSSR count). The van der Waals surface area contributed by atoms with Crippen LogP contribution in [-0.4, -0.2) is 33.9 Å². The number of fused-ring (bicyclic) bond motifs is 1. The lowest BCUT2D eigenvalue weighted by Gasteiger charge is -2.46. The van der Waals surface area contributed by atoms with Crippen molar-refractivity contribution in [1.82, 2.24) is 15.0 Å². The largest absolute Gasteiger partial charge is 0.369 e. The molecule has 0 spiro atoms. The van der Waals surface area contributed by atoms with Crippen molar-refractivity contribution in [2.45, 2.75) is 20.3 Å². The number of hydrogen-bond acceptors (Lipinski definition) is 4. The zero-order chi connectivity index (χ0) is 13.6. The van der Waals surface area contributed by atoms with Crippen LogP contribution in [0.5, 0.6) is 0 Å². The molecule has 100 valence electrons. The third-order valence-electron chi connectivity index (χ3n) is 3.89. The smallest absolute Gasteiger partial charge is 0.226 e. The summed E-state index contributed by atoms with van der Waals surface area (Å²) >= 11 is 0. The average Bonchev–Trinajstić information content (AvgIpc) is 2.77. The van der Waals surface area contributed by atoms with E-state index in [2.05, 4.69) is 26.8 Å². The van der Waals surface area contributed by atoms with Gasteiger partial charge in [-0.15, -0.1) is 0 Å². The second-order valence-corrected chi connectivity index (χ2v) is 5.37. The highest BCUT2D eigenvalue weighted by Gasteiger charge is 2.45. The van der Waals surface area contributed by atoms with Gasteiger partial charge < -0.3 is 15.6 Å². The molecule has 0 bridgehead atoms. The third-order valence-corrected chi connectivity index (χ3v) is 3.89. The highest BCUT2D eigenvalue weighted by Crippen LogP contribution is 2.36. The van der Waals surface area contributed by atoms with Gasteiger partial charge in [-0.2, -0.15) is 0 Å². The summed E-state index contributed by atoms with van der Waals surface area (Å²) in [7, 11) is 0. The van der Waals surface area contributed by atoms with Gasteiger partial charge in [-0.25, -0.2) is 9.97 Å². The molecule has 0 atom stereocenters. The minimum atomic E-state index is -0.444. The van der Waals surface area contributed by atoms with Crippen LogP contribution in [0.25, 0.3) is 11.0 Å². The van der Waals surface area contributed by atoms with E-state index in [1.165, 1.54) is 5.56 Å². The predicted molar refractivity (Wildman–Crippen MR) is 72.8 cm³/mol. The van der Waals surface area contributed by atoms with Gasteiger partial charge in [0.2, 0.25) is 5.91 Å². The molecule has 1 aliphatic heterocycles. The van der Waals surface area contributed by atoms with Gasteiger partial charge in [0.25, 0.3) is 0 Å². The molecule has 0 aliphatic carbocycles. The number of amides is 1. The van der Waals surface area contributed by atoms with Gasteiger partial charge in [0.1, 0.15) is 17.8 Å². The van der Waals surface area contributed by atoms with E-state index in [0.717, 1.165) is 23.3 Å². The summed E-state index contributed by atoms with van der Waals surface area (Å²) in [5, 5.41) is 1.05. The number of anilines is 1. The van der Waals surface area contributed by atoms with Crippen molar-refractivity contribution in [3.8, 4) is 0 Å². The van der Waals surface area contributed by atoms with E-state index < -0.39 is 5.41 Å². The van der Waals surface area contributed by atoms with Crippen molar-refractivity contribution < 1.29 is 4.79 Å². The number of hydrogen-bond donors (Lipinski definition) is 2. The number of nitrogens with zero attached hydrogens (tertiary/aromatic N) is 3. The third kappa shape index (κ3) is 1.67. The van der Waals surface area contributed by atoms with Crippen LogP contribution in [0.2, 0.25) is 0 Å². The fourth-order valence-corrected chi connectivity index (χ4v) is 2.63. The number of rotatable bonds is 3. The Kier molecular flexibility index (Phi) is 2.48. The Hall–Kier alpha value is -2.11. The zero-order valence-electron chi connectivity index (χ0n) is 11.1. The first-order valence-electron chi connectivity index (χ1n) is 6.41. The Morgan fingerprint density at radius 3 is 2.89 bits per heavy atom. The lowest BCUT2D eigenvalue weighted by molar-refractivity contribution is -0.128. The van der Waals surface area contributed by atoms with Crippen molar-refractivity contribution in [3.63, 3.8) is 0 Å². The molecule has 6 nitrogen and oxygen atoms in total. The Morgan fingerprint density at radius 2 is 2.26 bits per heavy atom. The van der Waals surface area contributed by atoms with E-state index >= 15 is 0 Å². The second kappa shape index (κ2) is 3.94. The normalized spacial score (nSPS) is 17.5. The lowest BCUT2D eigenvalue weighted by Crippen LogP contribution is -2.61. The highest BCUT2D eigenvalue weighted by molar-refractivity contribution is 5.93. The van der Waals surface area contributed by atoms with Crippen LogP contribution in [0.3, 0.4) is 0 Å². The van der Waals surface area contributed by atoms with E-state index in [0.29, 0.717) is 13.1 Å². The van der Waals surface area contributed by atoms with Gasteiger partial charge in [-0.3, -0.25) is 4.79 Å². The molecule has 0 radical (unpaired) electrons. The first kappa shape index (κ1) is 12.0. The second-order valence-electron chi connectivity index (χ2n) is 5.37. The summed E-state index contributed by atoms with van der Waals surface area (Å²) in [5.41, 5.74) is 7.01. The monoisotopic (exact) mass is 259 g/mol. The molecule has 0 saturated carbocycles. The zero-order valence-corrected chi connectivity index (χ0v) is 11.1. The highest BCUT2D eigenvalue weighted by atomic mass is 16.1. The number of primary amides is 1. The Bertz CT molecular complexity index is 642. The molecule has 1 amide bonds. The van der Waals surface area contributed by atoms with E-state index in [4.69, 9.17) is 5.73 Å². The molecular formula is C13H17N5O. The predicted octanol–water partition coefficient (Wildman–Crippen LogP) is 0.832. The van der Waals surface area contributed by atoms with Crippen molar-refractivity contribution >= 4 is 22.8 Å². The van der Waals surface area contributed by atoms with Gasteiger partial charge in [0.15, 0.2) is 0 Å². The molecule has 0 unspecified atom stereocenters. The molecule has 2 aromatic heterocycles. The average molecular weight is 259 g/mol. The van der Waals surface area contributed by atoms with Crippen LogP contribution in [0.15, 0.2) is 12.5 Å². The minimum Gasteiger partial charge on any atom is -0.369 e. The van der Waals surface area contributed by atoms with Crippen LogP contribution in [0.4, 0.5) is 5.82 Å². The number of aromatic amines is 1. The van der Waals surface area contributed by atoms with E-state index in [9.17, 15) is 4.79 Å². The van der Waals surface area contributed by atoms with Crippen molar-refractivity contribution in [3.05, 3.63) is 18.1 Å². The number of aromatic nitrogens is 3. The van der Waals surface area contributed by atoms with Gasteiger partial charge in [-0.1, -0.05) is 6.92 Å². The van der Waals surface area contributed by atoms with Gasteiger partial charge in [-0.05, 0) is 18.9 Å². The van der Waals surface area contributed by atoms with Crippen molar-refractivity contribution in [1.29, 1.82) is 0 Å². The number of aryl methyl sites for hydroxylation is 1. The quantitative estimate of drug-likeness (QED) is 0.854. The molecule has 1 aliphatic rings. The summed E-state index contributed by atoms with van der Waals surface area (Å²) in [6.45, 7) is 5.22. The lowest BCUT2D eigenvalue weighted by atomic mass is 9.81. The van der Waals surface area contributed by atoms with Crippen molar-refractivity contribution in [2.24, 2.45) is 11.1 Å². The summed E-state index contributed by atoms with van der Waals surface area (Å²) in [5.74, 6) is 0.639. The maximum atomic E-state index is 11.4. The fourth-order valence-electron chi connectivity index (χ4n) is 2.63. The molecule has 19 heavy (non-hydrogen) atoms. The van der Waals surface area contributed by atoms with E-state index in [1.807, 2.05) is 13.1 Å². The maximum Gasteiger partial charge on any atom is 0.226 e. The number of carbonyl (C=O) groups is 1. The standard InChI is InChI=1S/C13H17N5O/c1-3-8-4-15-10-9(8)11(17-7-16-10)18-5-13(2,6-18)12(14)19/h4,7H,3,5-6H2,1-2H3,(H2,14,19)(H,15,16,17). The van der Waals surface area contributed by atoms with Crippen LogP contribution in [0, 0.1) is 5.41 Å². The van der Waals surface area contributed by atoms with Crippen molar-refractivity contribution in [2.75, 3.05) is 18.0 Å². The van der Waals surface area contributed by atoms with Crippen LogP contribution in [-0.2, 0) is 11.2 Å². The summed E-state index contributed by atoms with van der Waals surface area (Å²) in [4.78, 5) is 25.2. The van der Waals surface area contributed by atoms with E-state index in [1.54, 1.807) is 6.33 Å². The SMILES string of the molecule is CCc1c[nH]c2ncnc(N3CC(C)(C(N)=O)C3)c12. The van der Waals surface area contributed by atoms with Crippen LogP contribution in [0.1, 0.15) is 19.4 Å². The summed E-state index contributed by atoms with van der Waals surface area (Å²) in [6.07, 6.45) is 4.44. The van der Waals surface area contributed by atoms with Gasteiger partial charge in [0, 0.05) is 19.3 Å². The first-order valence-corrected chi connectivity index (χ1v) is 6.41. The molecule has 1 saturated heterocycles. The molecule has 6 heteroatoms. The number of carbonyl (C=O) groups excluding carboxylic acids is 1. The molecule has 2 aromatic rings. The number of H-pyrrole nitrogens is 1. The minimum absolute atomic E-state index is 0.251. The Morgan fingerprint density at radius 1 is 1.53 bits per heavy atom. The first-order chi connectivity index (χ1) is 9.05. The van der Waals surface area contributed by atoms with Crippen LogP contribution >= 0.6 is 0 Å². The summed E-state index contributed by atoms with van der Waals surface area (Å²) in [6, 6.07) is 0. The Balaban J connectivity index is 1.99. The van der Waals surface area contributed by atoms with Gasteiger partial charge >= 0.3 is 0 Å². The number of nitrogens with two attached hydrogens (primary N) is 1. The van der Waals surface area contributed by atoms with E-state index in [-0.39, 0.29) is 5.91 Å². The molecular weight excluding hydrogens is 242 g/mol. The molecule has 3 N–H and O–H groups in total. The molecule has 1 fully saturated rings. The summed E-state index contributed by atoms with van der Waals surface area (Å²) < 4.78 is 0. The molecule has 3 heterocycles. The number of nitrogens with one attached hydrogen (secondary N) is 1.